The maximum Gasteiger partial charge on any atom is 0.166 e. The van der Waals surface area contributed by atoms with Gasteiger partial charge in [0.05, 0.1) is 30.6 Å². The highest BCUT2D eigenvalue weighted by Gasteiger charge is 2.37. The lowest BCUT2D eigenvalue weighted by Gasteiger charge is -2.33. The van der Waals surface area contributed by atoms with Crippen LogP contribution in [0.25, 0.3) is 21.9 Å². The highest BCUT2D eigenvalue weighted by Crippen LogP contribution is 2.36. The van der Waals surface area contributed by atoms with E-state index in [4.69, 9.17) is 15.2 Å². The van der Waals surface area contributed by atoms with Gasteiger partial charge < -0.3 is 19.8 Å². The van der Waals surface area contributed by atoms with Gasteiger partial charge in [0.25, 0.3) is 0 Å². The molecule has 4 rings (SSSR count). The van der Waals surface area contributed by atoms with E-state index in [9.17, 15) is 0 Å². The summed E-state index contributed by atoms with van der Waals surface area (Å²) in [4.78, 5) is 8.98. The van der Waals surface area contributed by atoms with E-state index in [1.54, 1.807) is 0 Å². The van der Waals surface area contributed by atoms with Crippen molar-refractivity contribution in [3.63, 3.8) is 0 Å². The maximum atomic E-state index is 6.13. The summed E-state index contributed by atoms with van der Waals surface area (Å²) in [5.41, 5.74) is 8.77. The summed E-state index contributed by atoms with van der Waals surface area (Å²) in [6.45, 7) is 8.58. The summed E-state index contributed by atoms with van der Waals surface area (Å²) in [6, 6.07) is 8.04. The minimum Gasteiger partial charge on any atom is -0.382 e. The van der Waals surface area contributed by atoms with Crippen molar-refractivity contribution in [1.82, 2.24) is 14.5 Å². The Morgan fingerprint density at radius 3 is 2.72 bits per heavy atom. The third kappa shape index (κ3) is 2.96. The fourth-order valence-electron chi connectivity index (χ4n) is 3.97. The molecule has 2 N–H and O–H groups in total. The Morgan fingerprint density at radius 2 is 1.96 bits per heavy atom. The van der Waals surface area contributed by atoms with Crippen molar-refractivity contribution in [3.8, 4) is 0 Å². The molecule has 3 aromatic rings. The molecule has 25 heavy (non-hydrogen) atoms. The number of fused-ring (bicyclic) bond motifs is 3. The van der Waals surface area contributed by atoms with E-state index in [0.29, 0.717) is 19.0 Å². The molecule has 0 amide bonds. The lowest BCUT2D eigenvalue weighted by molar-refractivity contribution is -0.164. The number of aromatic nitrogens is 3. The largest absolute Gasteiger partial charge is 0.382 e. The van der Waals surface area contributed by atoms with Crippen molar-refractivity contribution in [2.75, 3.05) is 18.9 Å². The van der Waals surface area contributed by atoms with Gasteiger partial charge in [-0.3, -0.25) is 0 Å². The summed E-state index contributed by atoms with van der Waals surface area (Å²) in [7, 11) is 0. The van der Waals surface area contributed by atoms with Crippen LogP contribution in [0.1, 0.15) is 27.2 Å². The van der Waals surface area contributed by atoms with Crippen molar-refractivity contribution in [2.45, 2.75) is 39.5 Å². The van der Waals surface area contributed by atoms with E-state index in [2.05, 4.69) is 34.4 Å². The first kappa shape index (κ1) is 16.3. The third-order valence-corrected chi connectivity index (χ3v) is 4.78. The first-order valence-corrected chi connectivity index (χ1v) is 8.64. The van der Waals surface area contributed by atoms with Crippen molar-refractivity contribution in [2.24, 2.45) is 5.41 Å². The molecule has 1 aliphatic heterocycles. The molecule has 1 aromatic carbocycles. The number of imidazole rings is 1. The Bertz CT molecular complexity index is 926. The van der Waals surface area contributed by atoms with Crippen LogP contribution in [0.5, 0.6) is 0 Å². The molecule has 0 unspecified atom stereocenters. The van der Waals surface area contributed by atoms with E-state index >= 15 is 0 Å². The number of nitrogens with zero attached hydrogens (tertiary/aromatic N) is 3. The number of anilines is 1. The summed E-state index contributed by atoms with van der Waals surface area (Å²) in [5.74, 6) is -0.0394. The highest BCUT2D eigenvalue weighted by atomic mass is 16.7. The van der Waals surface area contributed by atoms with E-state index < -0.39 is 5.79 Å². The summed E-state index contributed by atoms with van der Waals surface area (Å²) >= 11 is 0. The SMILES string of the molecule is CC(C)(Cn1cnc2c(N)nc3ccccc3c21)CC1(C)OCCO1. The van der Waals surface area contributed by atoms with Crippen molar-refractivity contribution >= 4 is 27.8 Å². The topological polar surface area (TPSA) is 75.2 Å². The summed E-state index contributed by atoms with van der Waals surface area (Å²) in [5, 5.41) is 1.07. The molecule has 0 radical (unpaired) electrons. The van der Waals surface area contributed by atoms with Crippen LogP contribution in [0.15, 0.2) is 30.6 Å². The summed E-state index contributed by atoms with van der Waals surface area (Å²) in [6.07, 6.45) is 2.66. The molecule has 0 spiro atoms. The number of hydrogen-bond donors (Lipinski definition) is 1. The second-order valence-electron chi connectivity index (χ2n) is 7.76. The van der Waals surface area contributed by atoms with Gasteiger partial charge in [0.15, 0.2) is 11.6 Å². The zero-order valence-corrected chi connectivity index (χ0v) is 15.0. The molecular weight excluding hydrogens is 316 g/mol. The second-order valence-corrected chi connectivity index (χ2v) is 7.76. The minimum atomic E-state index is -0.511. The van der Waals surface area contributed by atoms with Crippen molar-refractivity contribution < 1.29 is 9.47 Å². The predicted molar refractivity (Wildman–Crippen MR) is 98.2 cm³/mol. The van der Waals surface area contributed by atoms with Gasteiger partial charge in [-0.25, -0.2) is 9.97 Å². The first-order chi connectivity index (χ1) is 11.9. The van der Waals surface area contributed by atoms with E-state index in [1.807, 2.05) is 31.5 Å². The Balaban J connectivity index is 1.74. The quantitative estimate of drug-likeness (QED) is 0.788. The van der Waals surface area contributed by atoms with Crippen LogP contribution in [0.2, 0.25) is 0 Å². The molecule has 1 saturated heterocycles. The molecule has 1 aliphatic rings. The number of benzene rings is 1. The molecule has 0 bridgehead atoms. The molecule has 2 aromatic heterocycles. The maximum absolute atomic E-state index is 6.13. The van der Waals surface area contributed by atoms with Crippen LogP contribution in [0.4, 0.5) is 5.82 Å². The fraction of sp³-hybridized carbons (Fsp3) is 0.474. The van der Waals surface area contributed by atoms with Crippen LogP contribution in [0.3, 0.4) is 0 Å². The molecule has 132 valence electrons. The van der Waals surface area contributed by atoms with Crippen LogP contribution in [0, 0.1) is 5.41 Å². The second kappa shape index (κ2) is 5.68. The van der Waals surface area contributed by atoms with Crippen molar-refractivity contribution in [1.29, 1.82) is 0 Å². The van der Waals surface area contributed by atoms with Gasteiger partial charge in [0.2, 0.25) is 0 Å². The molecule has 1 fully saturated rings. The lowest BCUT2D eigenvalue weighted by atomic mass is 9.85. The number of nitrogen functional groups attached to an aromatic ring is 1. The molecule has 6 heteroatoms. The Morgan fingerprint density at radius 1 is 1.24 bits per heavy atom. The zero-order valence-electron chi connectivity index (χ0n) is 15.0. The summed E-state index contributed by atoms with van der Waals surface area (Å²) < 4.78 is 13.8. The smallest absolute Gasteiger partial charge is 0.166 e. The Kier molecular flexibility index (Phi) is 3.70. The molecular formula is C19H24N4O2. The van der Waals surface area contributed by atoms with Crippen LogP contribution < -0.4 is 5.73 Å². The monoisotopic (exact) mass is 340 g/mol. The zero-order chi connectivity index (χ0) is 17.7. The third-order valence-electron chi connectivity index (χ3n) is 4.78. The Labute approximate surface area is 146 Å². The van der Waals surface area contributed by atoms with Crippen LogP contribution >= 0.6 is 0 Å². The number of para-hydroxylation sites is 1. The number of pyridine rings is 1. The number of nitrogens with two attached hydrogens (primary N) is 1. The normalized spacial score (nSPS) is 17.6. The number of rotatable bonds is 4. The highest BCUT2D eigenvalue weighted by molar-refractivity contribution is 6.06. The van der Waals surface area contributed by atoms with Gasteiger partial charge in [0.1, 0.15) is 5.52 Å². The Hall–Kier alpha value is -2.18. The first-order valence-electron chi connectivity index (χ1n) is 8.64. The van der Waals surface area contributed by atoms with E-state index in [-0.39, 0.29) is 5.41 Å². The average molecular weight is 340 g/mol. The van der Waals surface area contributed by atoms with Gasteiger partial charge in [-0.1, -0.05) is 32.0 Å². The molecule has 0 atom stereocenters. The minimum absolute atomic E-state index is 0.0359. The van der Waals surface area contributed by atoms with Crippen LogP contribution in [-0.4, -0.2) is 33.5 Å². The van der Waals surface area contributed by atoms with Gasteiger partial charge in [-0.05, 0) is 18.4 Å². The van der Waals surface area contributed by atoms with Gasteiger partial charge in [-0.2, -0.15) is 0 Å². The van der Waals surface area contributed by atoms with E-state index in [0.717, 1.165) is 34.9 Å². The van der Waals surface area contributed by atoms with Crippen molar-refractivity contribution in [3.05, 3.63) is 30.6 Å². The van der Waals surface area contributed by atoms with E-state index in [1.165, 1.54) is 0 Å². The number of ether oxygens (including phenoxy) is 2. The van der Waals surface area contributed by atoms with Gasteiger partial charge in [-0.15, -0.1) is 0 Å². The molecule has 0 saturated carbocycles. The average Bonchev–Trinajstić information content (AvgIpc) is 3.14. The lowest BCUT2D eigenvalue weighted by Crippen LogP contribution is -2.34. The fourth-order valence-corrected chi connectivity index (χ4v) is 3.97. The number of hydrogen-bond acceptors (Lipinski definition) is 5. The van der Waals surface area contributed by atoms with Crippen LogP contribution in [-0.2, 0) is 16.0 Å². The van der Waals surface area contributed by atoms with Gasteiger partial charge >= 0.3 is 0 Å². The predicted octanol–water partition coefficient (Wildman–Crippen LogP) is 3.35. The molecule has 0 aliphatic carbocycles. The molecule has 6 nitrogen and oxygen atoms in total. The molecule has 3 heterocycles. The van der Waals surface area contributed by atoms with Gasteiger partial charge in [0, 0.05) is 18.4 Å². The standard InChI is InChI=1S/C19H24N4O2/c1-18(2,10-19(3)24-8-9-25-19)11-23-12-21-15-16(23)13-6-4-5-7-14(13)22-17(15)20/h4-7,12H,8-11H2,1-3H3,(H2,20,22).